The van der Waals surface area contributed by atoms with Crippen molar-refractivity contribution in [3.63, 3.8) is 0 Å². The zero-order valence-corrected chi connectivity index (χ0v) is 9.53. The molecular weight excluding hydrogens is 210 g/mol. The lowest BCUT2D eigenvalue weighted by Crippen LogP contribution is -2.10. The van der Waals surface area contributed by atoms with Crippen LogP contribution in [0.5, 0.6) is 0 Å². The third kappa shape index (κ3) is 1.91. The van der Waals surface area contributed by atoms with Gasteiger partial charge in [-0.1, -0.05) is 4.49 Å². The van der Waals surface area contributed by atoms with E-state index in [2.05, 4.69) is 14.7 Å². The van der Waals surface area contributed by atoms with Crippen molar-refractivity contribution in [2.45, 2.75) is 26.4 Å². The Morgan fingerprint density at radius 3 is 2.93 bits per heavy atom. The fourth-order valence-corrected chi connectivity index (χ4v) is 2.06. The molecule has 0 saturated heterocycles. The van der Waals surface area contributed by atoms with Crippen LogP contribution in [0, 0.1) is 6.92 Å². The second kappa shape index (κ2) is 4.08. The number of nitrogens with zero attached hydrogens (tertiary/aromatic N) is 4. The van der Waals surface area contributed by atoms with Crippen molar-refractivity contribution >= 4 is 11.5 Å². The molecule has 0 aromatic carbocycles. The summed E-state index contributed by atoms with van der Waals surface area (Å²) in [5, 5.41) is 8.15. The van der Waals surface area contributed by atoms with Crippen molar-refractivity contribution in [2.75, 3.05) is 0 Å². The molecule has 0 amide bonds. The van der Waals surface area contributed by atoms with Gasteiger partial charge in [0.2, 0.25) is 0 Å². The lowest BCUT2D eigenvalue weighted by Gasteiger charge is -2.05. The van der Waals surface area contributed by atoms with E-state index in [0.29, 0.717) is 0 Å². The van der Waals surface area contributed by atoms with E-state index in [1.165, 1.54) is 11.5 Å². The average Bonchev–Trinajstić information content (AvgIpc) is 2.84. The molecular formula is C9H13N5S. The molecule has 2 N–H and O–H groups in total. The van der Waals surface area contributed by atoms with E-state index in [-0.39, 0.29) is 6.04 Å². The molecule has 0 bridgehead atoms. The van der Waals surface area contributed by atoms with Crippen LogP contribution in [0.4, 0.5) is 0 Å². The van der Waals surface area contributed by atoms with Crippen molar-refractivity contribution in [1.29, 1.82) is 0 Å². The van der Waals surface area contributed by atoms with Gasteiger partial charge in [0.15, 0.2) is 0 Å². The summed E-state index contributed by atoms with van der Waals surface area (Å²) >= 11 is 1.35. The largest absolute Gasteiger partial charge is 0.319 e. The molecule has 2 aromatic heterocycles. The molecule has 5 nitrogen and oxygen atoms in total. The molecule has 0 spiro atoms. The van der Waals surface area contributed by atoms with Gasteiger partial charge in [-0.05, 0) is 25.4 Å². The summed E-state index contributed by atoms with van der Waals surface area (Å²) in [5.74, 6) is 0. The standard InChI is InChI=1S/C9H13N5S/c1-3-14-5-7(4-11-14)8(10)9-6(2)12-13-15-9/h4-5,8H,3,10H2,1-2H3. The molecule has 0 aliphatic carbocycles. The van der Waals surface area contributed by atoms with Crippen LogP contribution in [-0.4, -0.2) is 19.4 Å². The normalized spacial score (nSPS) is 13.0. The predicted molar refractivity (Wildman–Crippen MR) is 58.6 cm³/mol. The van der Waals surface area contributed by atoms with Crippen LogP contribution < -0.4 is 5.73 Å². The molecule has 0 radical (unpaired) electrons. The molecule has 0 aliphatic heterocycles. The van der Waals surface area contributed by atoms with Gasteiger partial charge in [0.1, 0.15) is 0 Å². The Bertz CT molecular complexity index is 447. The number of aromatic nitrogens is 4. The molecule has 15 heavy (non-hydrogen) atoms. The Kier molecular flexibility index (Phi) is 2.79. The highest BCUT2D eigenvalue weighted by molar-refractivity contribution is 7.05. The van der Waals surface area contributed by atoms with E-state index < -0.39 is 0 Å². The first-order valence-electron chi connectivity index (χ1n) is 4.79. The third-order valence-electron chi connectivity index (χ3n) is 2.31. The van der Waals surface area contributed by atoms with Gasteiger partial charge in [-0.25, -0.2) is 0 Å². The van der Waals surface area contributed by atoms with Gasteiger partial charge in [-0.2, -0.15) is 5.10 Å². The molecule has 0 saturated carbocycles. The molecule has 0 fully saturated rings. The summed E-state index contributed by atoms with van der Waals surface area (Å²) in [6.45, 7) is 4.82. The van der Waals surface area contributed by atoms with Gasteiger partial charge in [-0.3, -0.25) is 4.68 Å². The zero-order valence-electron chi connectivity index (χ0n) is 8.71. The first-order valence-corrected chi connectivity index (χ1v) is 5.56. The molecule has 0 aliphatic rings. The van der Waals surface area contributed by atoms with Crippen LogP contribution in [0.15, 0.2) is 12.4 Å². The first kappa shape index (κ1) is 10.3. The van der Waals surface area contributed by atoms with Crippen LogP contribution in [0.2, 0.25) is 0 Å². The van der Waals surface area contributed by atoms with Crippen molar-refractivity contribution in [3.8, 4) is 0 Å². The Morgan fingerprint density at radius 1 is 1.60 bits per heavy atom. The minimum Gasteiger partial charge on any atom is -0.319 e. The van der Waals surface area contributed by atoms with Gasteiger partial charge >= 0.3 is 0 Å². The maximum Gasteiger partial charge on any atom is 0.0776 e. The highest BCUT2D eigenvalue weighted by Crippen LogP contribution is 2.23. The van der Waals surface area contributed by atoms with Crippen molar-refractivity contribution in [3.05, 3.63) is 28.5 Å². The Morgan fingerprint density at radius 2 is 2.40 bits per heavy atom. The van der Waals surface area contributed by atoms with Gasteiger partial charge in [0.25, 0.3) is 0 Å². The van der Waals surface area contributed by atoms with Gasteiger partial charge in [-0.15, -0.1) is 5.10 Å². The average molecular weight is 223 g/mol. The second-order valence-electron chi connectivity index (χ2n) is 3.33. The van der Waals surface area contributed by atoms with Crippen LogP contribution in [-0.2, 0) is 6.54 Å². The summed E-state index contributed by atoms with van der Waals surface area (Å²) in [7, 11) is 0. The van der Waals surface area contributed by atoms with Crippen molar-refractivity contribution < 1.29 is 0 Å². The lowest BCUT2D eigenvalue weighted by atomic mass is 10.1. The molecule has 2 rings (SSSR count). The van der Waals surface area contributed by atoms with E-state index in [1.54, 1.807) is 6.20 Å². The number of hydrogen-bond donors (Lipinski definition) is 1. The summed E-state index contributed by atoms with van der Waals surface area (Å²) < 4.78 is 5.74. The Hall–Kier alpha value is -1.27. The van der Waals surface area contributed by atoms with Crippen LogP contribution >= 0.6 is 11.5 Å². The van der Waals surface area contributed by atoms with E-state index >= 15 is 0 Å². The summed E-state index contributed by atoms with van der Waals surface area (Å²) in [5.41, 5.74) is 8.01. The molecule has 1 unspecified atom stereocenters. The zero-order chi connectivity index (χ0) is 10.8. The highest BCUT2D eigenvalue weighted by Gasteiger charge is 2.16. The van der Waals surface area contributed by atoms with Gasteiger partial charge < -0.3 is 5.73 Å². The summed E-state index contributed by atoms with van der Waals surface area (Å²) in [4.78, 5) is 1.01. The quantitative estimate of drug-likeness (QED) is 0.846. The molecule has 80 valence electrons. The van der Waals surface area contributed by atoms with Gasteiger partial charge in [0.05, 0.1) is 22.8 Å². The lowest BCUT2D eigenvalue weighted by molar-refractivity contribution is 0.658. The monoisotopic (exact) mass is 223 g/mol. The molecule has 6 heteroatoms. The molecule has 2 aromatic rings. The van der Waals surface area contributed by atoms with Crippen LogP contribution in [0.25, 0.3) is 0 Å². The Labute approximate surface area is 92.1 Å². The Balaban J connectivity index is 2.28. The van der Waals surface area contributed by atoms with E-state index in [9.17, 15) is 0 Å². The summed E-state index contributed by atoms with van der Waals surface area (Å²) in [6, 6.07) is -0.162. The van der Waals surface area contributed by atoms with Crippen LogP contribution in [0.1, 0.15) is 29.1 Å². The van der Waals surface area contributed by atoms with E-state index in [0.717, 1.165) is 22.7 Å². The maximum absolute atomic E-state index is 6.11. The third-order valence-corrected chi connectivity index (χ3v) is 3.21. The topological polar surface area (TPSA) is 69.6 Å². The predicted octanol–water partition coefficient (Wildman–Crippen LogP) is 1.11. The van der Waals surface area contributed by atoms with E-state index in [4.69, 9.17) is 5.73 Å². The fourth-order valence-electron chi connectivity index (χ4n) is 1.39. The highest BCUT2D eigenvalue weighted by atomic mass is 32.1. The number of nitrogens with two attached hydrogens (primary N) is 1. The first-order chi connectivity index (χ1) is 7.22. The summed E-state index contributed by atoms with van der Waals surface area (Å²) in [6.07, 6.45) is 3.76. The maximum atomic E-state index is 6.11. The van der Waals surface area contributed by atoms with Crippen molar-refractivity contribution in [2.24, 2.45) is 5.73 Å². The molecule has 2 heterocycles. The number of rotatable bonds is 3. The smallest absolute Gasteiger partial charge is 0.0776 e. The molecule has 1 atom stereocenters. The minimum atomic E-state index is -0.162. The number of hydrogen-bond acceptors (Lipinski definition) is 5. The fraction of sp³-hybridized carbons (Fsp3) is 0.444. The minimum absolute atomic E-state index is 0.162. The number of aryl methyl sites for hydroxylation is 2. The van der Waals surface area contributed by atoms with Gasteiger partial charge in [0, 0.05) is 18.3 Å². The second-order valence-corrected chi connectivity index (χ2v) is 4.12. The van der Waals surface area contributed by atoms with Crippen LogP contribution in [0.3, 0.4) is 0 Å². The van der Waals surface area contributed by atoms with E-state index in [1.807, 2.05) is 24.7 Å². The SMILES string of the molecule is CCn1cc(C(N)c2snnc2C)cn1. The van der Waals surface area contributed by atoms with Crippen molar-refractivity contribution in [1.82, 2.24) is 19.4 Å².